The number of pyridine rings is 1. The van der Waals surface area contributed by atoms with Crippen molar-refractivity contribution in [2.24, 2.45) is 0 Å². The molecule has 0 aliphatic rings. The van der Waals surface area contributed by atoms with Crippen LogP contribution in [-0.4, -0.2) is 36.6 Å². The van der Waals surface area contributed by atoms with E-state index in [0.717, 1.165) is 16.2 Å². The van der Waals surface area contributed by atoms with E-state index >= 15 is 0 Å². The van der Waals surface area contributed by atoms with E-state index in [2.05, 4.69) is 24.8 Å². The third-order valence-corrected chi connectivity index (χ3v) is 4.09. The van der Waals surface area contributed by atoms with Crippen LogP contribution >= 0.6 is 23.1 Å². The van der Waals surface area contributed by atoms with Gasteiger partial charge in [0.1, 0.15) is 12.2 Å². The number of hydrogen-bond donors (Lipinski definition) is 1. The van der Waals surface area contributed by atoms with Gasteiger partial charge in [0, 0.05) is 30.6 Å². The molecule has 128 valence electrons. The average Bonchev–Trinajstić information content (AvgIpc) is 3.07. The van der Waals surface area contributed by atoms with Crippen LogP contribution in [0.15, 0.2) is 35.4 Å². The van der Waals surface area contributed by atoms with Gasteiger partial charge in [-0.25, -0.2) is 9.67 Å². The topological polar surface area (TPSA) is 103 Å². The van der Waals surface area contributed by atoms with Crippen LogP contribution in [0.4, 0.5) is 0 Å². The van der Waals surface area contributed by atoms with Crippen LogP contribution in [0.25, 0.3) is 22.1 Å². The minimum atomic E-state index is -0.362. The second-order valence-corrected chi connectivity index (χ2v) is 6.17. The Balaban J connectivity index is 1.90. The van der Waals surface area contributed by atoms with E-state index in [1.54, 1.807) is 25.3 Å². The van der Waals surface area contributed by atoms with E-state index in [9.17, 15) is 9.59 Å². The molecule has 0 saturated heterocycles. The van der Waals surface area contributed by atoms with Crippen LogP contribution in [0.5, 0.6) is 0 Å². The fraction of sp³-hybridized carbons (Fsp3) is 0.200. The van der Waals surface area contributed by atoms with Crippen molar-refractivity contribution in [1.82, 2.24) is 29.4 Å². The lowest BCUT2D eigenvalue weighted by Gasteiger charge is -2.05. The Bertz CT molecular complexity index is 970. The molecule has 0 aromatic carbocycles. The van der Waals surface area contributed by atoms with E-state index < -0.39 is 0 Å². The molecular formula is C15H13ClN6O2S. The highest BCUT2D eigenvalue weighted by molar-refractivity contribution is 7.09. The Morgan fingerprint density at radius 1 is 1.36 bits per heavy atom. The minimum absolute atomic E-state index is 0.148. The lowest BCUT2D eigenvalue weighted by molar-refractivity contribution is -0.121. The maximum Gasteiger partial charge on any atom is 0.267 e. The number of nitrogens with zero attached hydrogens (tertiary/aromatic N) is 5. The smallest absolute Gasteiger partial charge is 0.267 e. The third-order valence-electron chi connectivity index (χ3n) is 3.14. The zero-order valence-corrected chi connectivity index (χ0v) is 14.7. The molecule has 0 saturated carbocycles. The Morgan fingerprint density at radius 2 is 2.20 bits per heavy atom. The van der Waals surface area contributed by atoms with Crippen LogP contribution in [0.2, 0.25) is 5.02 Å². The summed E-state index contributed by atoms with van der Waals surface area (Å²) in [5, 5.41) is 7.84. The summed E-state index contributed by atoms with van der Waals surface area (Å²) in [6, 6.07) is 4.62. The number of aromatic nitrogens is 5. The molecular weight excluding hydrogens is 364 g/mol. The molecule has 25 heavy (non-hydrogen) atoms. The monoisotopic (exact) mass is 376 g/mol. The standard InChI is InChI=1S/C15H13ClN6O2S/c1-2-18-12(23)8-22-13(24)4-3-11(20-22)15-19-14(21-25-15)9-5-10(16)7-17-6-9/h3-7H,2,8H2,1H3,(H,18,23). The van der Waals surface area contributed by atoms with Gasteiger partial charge >= 0.3 is 0 Å². The lowest BCUT2D eigenvalue weighted by atomic mass is 10.3. The van der Waals surface area contributed by atoms with Gasteiger partial charge in [0.2, 0.25) is 5.91 Å². The van der Waals surface area contributed by atoms with Crippen molar-refractivity contribution in [1.29, 1.82) is 0 Å². The fourth-order valence-electron chi connectivity index (χ4n) is 2.04. The number of halogens is 1. The molecule has 1 amide bonds. The van der Waals surface area contributed by atoms with Gasteiger partial charge in [-0.15, -0.1) is 0 Å². The van der Waals surface area contributed by atoms with Crippen molar-refractivity contribution in [3.8, 4) is 22.1 Å². The Kier molecular flexibility index (Phi) is 5.15. The highest BCUT2D eigenvalue weighted by atomic mass is 35.5. The van der Waals surface area contributed by atoms with Crippen LogP contribution in [-0.2, 0) is 11.3 Å². The van der Waals surface area contributed by atoms with Crippen molar-refractivity contribution < 1.29 is 4.79 Å². The lowest BCUT2D eigenvalue weighted by Crippen LogP contribution is -2.33. The number of rotatable bonds is 5. The third kappa shape index (κ3) is 4.06. The number of hydrogen-bond acceptors (Lipinski definition) is 7. The first-order valence-corrected chi connectivity index (χ1v) is 8.52. The summed E-state index contributed by atoms with van der Waals surface area (Å²) in [4.78, 5) is 32.0. The molecule has 1 N–H and O–H groups in total. The summed E-state index contributed by atoms with van der Waals surface area (Å²) in [5.41, 5.74) is 0.784. The average molecular weight is 377 g/mol. The molecule has 0 atom stereocenters. The SMILES string of the molecule is CCNC(=O)Cn1nc(-c2nc(-c3cncc(Cl)c3)ns2)ccc1=O. The molecule has 0 aliphatic carbocycles. The van der Waals surface area contributed by atoms with Gasteiger partial charge < -0.3 is 5.32 Å². The van der Waals surface area contributed by atoms with Crippen molar-refractivity contribution in [2.75, 3.05) is 6.54 Å². The quantitative estimate of drug-likeness (QED) is 0.725. The van der Waals surface area contributed by atoms with Crippen LogP contribution < -0.4 is 10.9 Å². The van der Waals surface area contributed by atoms with Crippen molar-refractivity contribution in [3.05, 3.63) is 46.0 Å². The van der Waals surface area contributed by atoms with E-state index in [4.69, 9.17) is 11.6 Å². The molecule has 0 fully saturated rings. The Hall–Kier alpha value is -2.65. The summed E-state index contributed by atoms with van der Waals surface area (Å²) in [6.45, 7) is 2.14. The van der Waals surface area contributed by atoms with Gasteiger partial charge in [-0.3, -0.25) is 14.6 Å². The Morgan fingerprint density at radius 3 is 2.96 bits per heavy atom. The molecule has 8 nitrogen and oxygen atoms in total. The molecule has 0 radical (unpaired) electrons. The molecule has 0 bridgehead atoms. The maximum atomic E-state index is 11.9. The maximum absolute atomic E-state index is 11.9. The zero-order chi connectivity index (χ0) is 17.8. The summed E-state index contributed by atoms with van der Waals surface area (Å²) >= 11 is 7.06. The summed E-state index contributed by atoms with van der Waals surface area (Å²) in [7, 11) is 0. The van der Waals surface area contributed by atoms with Gasteiger partial charge in [-0.05, 0) is 30.6 Å². The van der Waals surface area contributed by atoms with E-state index in [0.29, 0.717) is 33.7 Å². The Labute approximate surface area is 151 Å². The number of likely N-dealkylation sites (N-methyl/N-ethyl adjacent to an activating group) is 1. The molecule has 3 aromatic heterocycles. The number of carbonyl (C=O) groups is 1. The van der Waals surface area contributed by atoms with E-state index in [1.165, 1.54) is 12.3 Å². The first-order chi connectivity index (χ1) is 12.1. The highest BCUT2D eigenvalue weighted by Crippen LogP contribution is 2.24. The van der Waals surface area contributed by atoms with Gasteiger partial charge in [0.25, 0.3) is 5.56 Å². The fourth-order valence-corrected chi connectivity index (χ4v) is 2.87. The van der Waals surface area contributed by atoms with Crippen molar-refractivity contribution in [3.63, 3.8) is 0 Å². The molecule has 0 spiro atoms. The second kappa shape index (κ2) is 7.49. The first kappa shape index (κ1) is 17.2. The normalized spacial score (nSPS) is 10.6. The first-order valence-electron chi connectivity index (χ1n) is 7.36. The molecule has 3 heterocycles. The summed E-state index contributed by atoms with van der Waals surface area (Å²) in [5.74, 6) is 0.190. The van der Waals surface area contributed by atoms with Crippen LogP contribution in [0.3, 0.4) is 0 Å². The number of nitrogens with one attached hydrogen (secondary N) is 1. The molecule has 3 aromatic rings. The second-order valence-electron chi connectivity index (χ2n) is 4.98. The van der Waals surface area contributed by atoms with Crippen molar-refractivity contribution in [2.45, 2.75) is 13.5 Å². The molecule has 0 unspecified atom stereocenters. The van der Waals surface area contributed by atoms with Crippen LogP contribution in [0, 0.1) is 0 Å². The van der Waals surface area contributed by atoms with E-state index in [-0.39, 0.29) is 18.0 Å². The predicted molar refractivity (Wildman–Crippen MR) is 94.3 cm³/mol. The zero-order valence-electron chi connectivity index (χ0n) is 13.1. The van der Waals surface area contributed by atoms with Gasteiger partial charge in [0.15, 0.2) is 10.8 Å². The van der Waals surface area contributed by atoms with Gasteiger partial charge in [-0.2, -0.15) is 9.47 Å². The molecule has 10 heteroatoms. The highest BCUT2D eigenvalue weighted by Gasteiger charge is 2.13. The summed E-state index contributed by atoms with van der Waals surface area (Å²) < 4.78 is 5.37. The predicted octanol–water partition coefficient (Wildman–Crippen LogP) is 1.61. The van der Waals surface area contributed by atoms with Crippen molar-refractivity contribution >= 4 is 29.0 Å². The van der Waals surface area contributed by atoms with Gasteiger partial charge in [0.05, 0.1) is 5.02 Å². The summed E-state index contributed by atoms with van der Waals surface area (Å²) in [6.07, 6.45) is 3.14. The van der Waals surface area contributed by atoms with Crippen LogP contribution in [0.1, 0.15) is 6.92 Å². The number of carbonyl (C=O) groups excluding carboxylic acids is 1. The largest absolute Gasteiger partial charge is 0.355 e. The minimum Gasteiger partial charge on any atom is -0.355 e. The number of amides is 1. The van der Waals surface area contributed by atoms with E-state index in [1.807, 2.05) is 0 Å². The molecule has 0 aliphatic heterocycles. The van der Waals surface area contributed by atoms with Gasteiger partial charge in [-0.1, -0.05) is 11.6 Å². The molecule has 3 rings (SSSR count).